The molecule has 6 heteroatoms. The molecule has 0 saturated carbocycles. The van der Waals surface area contributed by atoms with Gasteiger partial charge in [-0.2, -0.15) is 0 Å². The van der Waals surface area contributed by atoms with Crippen LogP contribution in [-0.2, 0) is 13.1 Å². The van der Waals surface area contributed by atoms with Crippen LogP contribution in [0.5, 0.6) is 0 Å². The molecule has 1 aromatic heterocycles. The van der Waals surface area contributed by atoms with Crippen molar-refractivity contribution < 1.29 is 0 Å². The van der Waals surface area contributed by atoms with Crippen molar-refractivity contribution in [3.05, 3.63) is 34.9 Å². The van der Waals surface area contributed by atoms with Crippen LogP contribution in [0.3, 0.4) is 0 Å². The third kappa shape index (κ3) is 3.95. The molecule has 0 atom stereocenters. The summed E-state index contributed by atoms with van der Waals surface area (Å²) >= 11 is 0. The number of likely N-dealkylation sites (tertiary alicyclic amines) is 1. The average Bonchev–Trinajstić information content (AvgIpc) is 2.51. The van der Waals surface area contributed by atoms with Gasteiger partial charge in [0.1, 0.15) is 0 Å². The van der Waals surface area contributed by atoms with Crippen LogP contribution in [0.2, 0.25) is 0 Å². The fourth-order valence-corrected chi connectivity index (χ4v) is 3.26. The molecule has 0 aromatic carbocycles. The Morgan fingerprint density at radius 2 is 1.87 bits per heavy atom. The molecule has 0 radical (unpaired) electrons. The highest BCUT2D eigenvalue weighted by Gasteiger charge is 2.22. The van der Waals surface area contributed by atoms with Crippen molar-refractivity contribution in [3.8, 4) is 0 Å². The van der Waals surface area contributed by atoms with E-state index in [0.29, 0.717) is 18.4 Å². The molecule has 0 spiro atoms. The van der Waals surface area contributed by atoms with Gasteiger partial charge in [0, 0.05) is 60.4 Å². The second kappa shape index (κ2) is 7.66. The zero-order valence-electron chi connectivity index (χ0n) is 14.6. The number of anilines is 1. The Morgan fingerprint density at radius 1 is 1.26 bits per heavy atom. The number of rotatable bonds is 6. The first kappa shape index (κ1) is 17.6. The summed E-state index contributed by atoms with van der Waals surface area (Å²) in [6.45, 7) is 11.1. The lowest BCUT2D eigenvalue weighted by Crippen LogP contribution is -2.40. The normalized spacial score (nSPS) is 15.7. The highest BCUT2D eigenvalue weighted by atomic mass is 15.2. The molecule has 0 unspecified atom stereocenters. The van der Waals surface area contributed by atoms with Gasteiger partial charge < -0.3 is 27.0 Å². The second-order valence-electron chi connectivity index (χ2n) is 6.25. The SMILES string of the molecule is C=C(N)N1CCC(Nc2c(CN)c(C)nc(C)c2CNC)CC1. The van der Waals surface area contributed by atoms with Gasteiger partial charge in [0.25, 0.3) is 0 Å². The standard InChI is InChI=1S/C17H30N6/c1-11-15(9-18)17(16(10-20-4)12(2)21-11)22-14-5-7-23(8-6-14)13(3)19/h14,20H,3,5-10,18-19H2,1-2,4H3,(H,21,22). The van der Waals surface area contributed by atoms with Crippen molar-refractivity contribution >= 4 is 5.69 Å². The third-order valence-corrected chi connectivity index (χ3v) is 4.62. The number of aryl methyl sites for hydroxylation is 2. The maximum Gasteiger partial charge on any atom is 0.0912 e. The topological polar surface area (TPSA) is 92.2 Å². The van der Waals surface area contributed by atoms with Crippen LogP contribution in [0.25, 0.3) is 0 Å². The van der Waals surface area contributed by atoms with E-state index in [-0.39, 0.29) is 0 Å². The number of pyridine rings is 1. The number of nitrogens with one attached hydrogen (secondary N) is 2. The molecule has 0 amide bonds. The van der Waals surface area contributed by atoms with Crippen molar-refractivity contribution in [2.45, 2.75) is 45.8 Å². The van der Waals surface area contributed by atoms with Gasteiger partial charge in [-0.25, -0.2) is 0 Å². The smallest absolute Gasteiger partial charge is 0.0912 e. The number of piperidine rings is 1. The fourth-order valence-electron chi connectivity index (χ4n) is 3.26. The molecule has 0 bridgehead atoms. The van der Waals surface area contributed by atoms with Crippen molar-refractivity contribution in [2.75, 3.05) is 25.5 Å². The van der Waals surface area contributed by atoms with Crippen molar-refractivity contribution in [1.82, 2.24) is 15.2 Å². The zero-order valence-corrected chi connectivity index (χ0v) is 14.6. The third-order valence-electron chi connectivity index (χ3n) is 4.62. The van der Waals surface area contributed by atoms with Gasteiger partial charge in [0.2, 0.25) is 0 Å². The molecular formula is C17H30N6. The van der Waals surface area contributed by atoms with E-state index in [1.165, 1.54) is 5.56 Å². The van der Waals surface area contributed by atoms with Gasteiger partial charge in [0.05, 0.1) is 5.82 Å². The Morgan fingerprint density at radius 3 is 2.39 bits per heavy atom. The molecule has 1 fully saturated rings. The minimum absolute atomic E-state index is 0.424. The van der Waals surface area contributed by atoms with Crippen LogP contribution < -0.4 is 22.1 Å². The summed E-state index contributed by atoms with van der Waals surface area (Å²) in [5.74, 6) is 0.664. The van der Waals surface area contributed by atoms with E-state index in [9.17, 15) is 0 Å². The van der Waals surface area contributed by atoms with Crippen LogP contribution in [-0.4, -0.2) is 36.1 Å². The van der Waals surface area contributed by atoms with Gasteiger partial charge in [-0.05, 0) is 33.7 Å². The summed E-state index contributed by atoms with van der Waals surface area (Å²) in [5.41, 5.74) is 17.4. The molecule has 128 valence electrons. The van der Waals surface area contributed by atoms with Crippen molar-refractivity contribution in [1.29, 1.82) is 0 Å². The summed E-state index contributed by atoms with van der Waals surface area (Å²) in [7, 11) is 1.95. The molecule has 0 aliphatic carbocycles. The molecule has 1 aromatic rings. The minimum Gasteiger partial charge on any atom is -0.386 e. The van der Waals surface area contributed by atoms with E-state index in [2.05, 4.69) is 34.0 Å². The van der Waals surface area contributed by atoms with E-state index < -0.39 is 0 Å². The predicted molar refractivity (Wildman–Crippen MR) is 95.9 cm³/mol. The molecule has 2 rings (SSSR count). The first-order valence-corrected chi connectivity index (χ1v) is 8.27. The molecular weight excluding hydrogens is 288 g/mol. The largest absolute Gasteiger partial charge is 0.386 e. The summed E-state index contributed by atoms with van der Waals surface area (Å²) in [4.78, 5) is 6.79. The monoisotopic (exact) mass is 318 g/mol. The Bertz CT molecular complexity index is 561. The number of hydrogen-bond acceptors (Lipinski definition) is 6. The lowest BCUT2D eigenvalue weighted by atomic mass is 10.00. The number of aromatic nitrogens is 1. The quantitative estimate of drug-likeness (QED) is 0.629. The fraction of sp³-hybridized carbons (Fsp3) is 0.588. The first-order valence-electron chi connectivity index (χ1n) is 8.27. The van der Waals surface area contributed by atoms with Crippen molar-refractivity contribution in [3.63, 3.8) is 0 Å². The average molecular weight is 318 g/mol. The molecule has 2 heterocycles. The van der Waals surface area contributed by atoms with Gasteiger partial charge in [-0.1, -0.05) is 6.58 Å². The van der Waals surface area contributed by atoms with Crippen LogP contribution in [0.4, 0.5) is 5.69 Å². The van der Waals surface area contributed by atoms with Crippen molar-refractivity contribution in [2.24, 2.45) is 11.5 Å². The van der Waals surface area contributed by atoms with E-state index >= 15 is 0 Å². The van der Waals surface area contributed by atoms with Crippen LogP contribution >= 0.6 is 0 Å². The zero-order chi connectivity index (χ0) is 17.0. The minimum atomic E-state index is 0.424. The van der Waals surface area contributed by atoms with E-state index in [1.54, 1.807) is 0 Å². The van der Waals surface area contributed by atoms with E-state index in [1.807, 2.05) is 14.0 Å². The number of hydrogen-bond donors (Lipinski definition) is 4. The molecule has 1 saturated heterocycles. The highest BCUT2D eigenvalue weighted by molar-refractivity contribution is 5.61. The summed E-state index contributed by atoms with van der Waals surface area (Å²) in [5, 5.41) is 6.98. The van der Waals surface area contributed by atoms with Crippen LogP contribution in [0.1, 0.15) is 35.4 Å². The van der Waals surface area contributed by atoms with Crippen LogP contribution in [0, 0.1) is 13.8 Å². The maximum absolute atomic E-state index is 6.00. The molecule has 23 heavy (non-hydrogen) atoms. The van der Waals surface area contributed by atoms with E-state index in [0.717, 1.165) is 55.1 Å². The molecule has 1 aliphatic heterocycles. The van der Waals surface area contributed by atoms with Gasteiger partial charge >= 0.3 is 0 Å². The summed E-state index contributed by atoms with van der Waals surface area (Å²) in [6, 6.07) is 0.424. The van der Waals surface area contributed by atoms with Gasteiger partial charge in [-0.3, -0.25) is 4.98 Å². The Balaban J connectivity index is 2.23. The maximum atomic E-state index is 6.00. The highest BCUT2D eigenvalue weighted by Crippen LogP contribution is 2.28. The Labute approximate surface area is 139 Å². The predicted octanol–water partition coefficient (Wildman–Crippen LogP) is 1.18. The Kier molecular flexibility index (Phi) is 5.85. The lowest BCUT2D eigenvalue weighted by Gasteiger charge is -2.35. The second-order valence-corrected chi connectivity index (χ2v) is 6.25. The first-order chi connectivity index (χ1) is 11.0. The molecule has 1 aliphatic rings. The lowest BCUT2D eigenvalue weighted by molar-refractivity contribution is 0.270. The van der Waals surface area contributed by atoms with Gasteiger partial charge in [0.15, 0.2) is 0 Å². The number of nitrogens with zero attached hydrogens (tertiary/aromatic N) is 2. The Hall–Kier alpha value is -1.79. The number of nitrogens with two attached hydrogens (primary N) is 2. The molecule has 6 N–H and O–H groups in total. The van der Waals surface area contributed by atoms with Crippen LogP contribution in [0.15, 0.2) is 12.4 Å². The summed E-state index contributed by atoms with van der Waals surface area (Å²) < 4.78 is 0. The van der Waals surface area contributed by atoms with Gasteiger partial charge in [-0.15, -0.1) is 0 Å². The summed E-state index contributed by atoms with van der Waals surface area (Å²) in [6.07, 6.45) is 2.08. The van der Waals surface area contributed by atoms with E-state index in [4.69, 9.17) is 11.5 Å². The molecule has 6 nitrogen and oxygen atoms in total.